The van der Waals surface area contributed by atoms with E-state index in [1.54, 1.807) is 0 Å². The molecule has 0 spiro atoms. The van der Waals surface area contributed by atoms with Gasteiger partial charge in [-0.3, -0.25) is 4.79 Å². The molecule has 0 amide bonds. The van der Waals surface area contributed by atoms with Crippen molar-refractivity contribution in [3.63, 3.8) is 0 Å². The summed E-state index contributed by atoms with van der Waals surface area (Å²) in [7, 11) is 0. The molecule has 1 N–H and O–H groups in total. The van der Waals surface area contributed by atoms with Crippen molar-refractivity contribution in [3.8, 4) is 0 Å². The molecule has 7 heteroatoms. The summed E-state index contributed by atoms with van der Waals surface area (Å²) in [6.45, 7) is 4.92. The van der Waals surface area contributed by atoms with Crippen molar-refractivity contribution in [1.82, 2.24) is 14.8 Å². The van der Waals surface area contributed by atoms with Crippen LogP contribution >= 0.6 is 11.8 Å². The van der Waals surface area contributed by atoms with E-state index in [1.165, 1.54) is 11.8 Å². The third kappa shape index (κ3) is 3.70. The highest BCUT2D eigenvalue weighted by atomic mass is 32.2. The van der Waals surface area contributed by atoms with Crippen molar-refractivity contribution in [2.24, 2.45) is 0 Å². The SMILES string of the molecule is CC(C)n1c(CC2CCCO2)nnc1SCC(=O)O. The summed E-state index contributed by atoms with van der Waals surface area (Å²) in [4.78, 5) is 10.6. The van der Waals surface area contributed by atoms with Gasteiger partial charge in [-0.05, 0) is 26.7 Å². The van der Waals surface area contributed by atoms with Crippen molar-refractivity contribution in [2.45, 2.75) is 50.4 Å². The number of carbonyl (C=O) groups is 1. The molecule has 0 bridgehead atoms. The number of nitrogens with zero attached hydrogens (tertiary/aromatic N) is 3. The van der Waals surface area contributed by atoms with Crippen LogP contribution in [0.5, 0.6) is 0 Å². The Labute approximate surface area is 116 Å². The van der Waals surface area contributed by atoms with Crippen LogP contribution in [-0.2, 0) is 16.0 Å². The number of carboxylic acids is 1. The lowest BCUT2D eigenvalue weighted by Crippen LogP contribution is -2.16. The van der Waals surface area contributed by atoms with E-state index in [2.05, 4.69) is 10.2 Å². The monoisotopic (exact) mass is 285 g/mol. The van der Waals surface area contributed by atoms with Crippen molar-refractivity contribution in [3.05, 3.63) is 5.82 Å². The summed E-state index contributed by atoms with van der Waals surface area (Å²) in [5, 5.41) is 17.7. The molecule has 1 fully saturated rings. The zero-order valence-electron chi connectivity index (χ0n) is 11.2. The Kier molecular flexibility index (Phi) is 4.81. The van der Waals surface area contributed by atoms with E-state index in [0.29, 0.717) is 5.16 Å². The minimum atomic E-state index is -0.844. The minimum Gasteiger partial charge on any atom is -0.481 e. The summed E-state index contributed by atoms with van der Waals surface area (Å²) in [5.41, 5.74) is 0. The Morgan fingerprint density at radius 2 is 2.37 bits per heavy atom. The first-order chi connectivity index (χ1) is 9.08. The molecule has 1 aliphatic rings. The number of aromatic nitrogens is 3. The average Bonchev–Trinajstić information content (AvgIpc) is 2.96. The van der Waals surface area contributed by atoms with Gasteiger partial charge in [0.25, 0.3) is 0 Å². The second-order valence-corrected chi connectivity index (χ2v) is 5.83. The average molecular weight is 285 g/mol. The molecule has 1 unspecified atom stereocenters. The molecule has 0 aliphatic carbocycles. The van der Waals surface area contributed by atoms with Crippen molar-refractivity contribution in [2.75, 3.05) is 12.4 Å². The van der Waals surface area contributed by atoms with Gasteiger partial charge < -0.3 is 14.4 Å². The van der Waals surface area contributed by atoms with E-state index in [9.17, 15) is 4.79 Å². The predicted molar refractivity (Wildman–Crippen MR) is 71.4 cm³/mol. The van der Waals surface area contributed by atoms with Gasteiger partial charge in [-0.1, -0.05) is 11.8 Å². The smallest absolute Gasteiger partial charge is 0.313 e. The van der Waals surface area contributed by atoms with Crippen LogP contribution in [0.3, 0.4) is 0 Å². The molecule has 106 valence electrons. The van der Waals surface area contributed by atoms with Gasteiger partial charge in [0.1, 0.15) is 5.82 Å². The van der Waals surface area contributed by atoms with Crippen LogP contribution in [0.1, 0.15) is 38.6 Å². The Morgan fingerprint density at radius 1 is 1.58 bits per heavy atom. The Hall–Kier alpha value is -1.08. The van der Waals surface area contributed by atoms with Gasteiger partial charge in [0.05, 0.1) is 11.9 Å². The molecule has 1 atom stereocenters. The van der Waals surface area contributed by atoms with Gasteiger partial charge in [-0.25, -0.2) is 0 Å². The highest BCUT2D eigenvalue weighted by Gasteiger charge is 2.22. The first-order valence-electron chi connectivity index (χ1n) is 6.48. The molecule has 1 aromatic heterocycles. The van der Waals surface area contributed by atoms with Crippen LogP contribution in [0.2, 0.25) is 0 Å². The molecule has 1 aliphatic heterocycles. The fourth-order valence-electron chi connectivity index (χ4n) is 2.20. The first-order valence-corrected chi connectivity index (χ1v) is 7.46. The lowest BCUT2D eigenvalue weighted by molar-refractivity contribution is -0.133. The molecule has 0 saturated carbocycles. The maximum Gasteiger partial charge on any atom is 0.313 e. The predicted octanol–water partition coefficient (Wildman–Crippen LogP) is 1.76. The van der Waals surface area contributed by atoms with E-state index in [0.717, 1.165) is 31.7 Å². The van der Waals surface area contributed by atoms with Gasteiger partial charge in [-0.15, -0.1) is 10.2 Å². The Balaban J connectivity index is 2.11. The number of thioether (sulfide) groups is 1. The van der Waals surface area contributed by atoms with Crippen LogP contribution in [0.25, 0.3) is 0 Å². The number of rotatable bonds is 6. The fraction of sp³-hybridized carbons (Fsp3) is 0.750. The van der Waals surface area contributed by atoms with Crippen molar-refractivity contribution in [1.29, 1.82) is 0 Å². The summed E-state index contributed by atoms with van der Waals surface area (Å²) >= 11 is 1.21. The van der Waals surface area contributed by atoms with E-state index in [1.807, 2.05) is 18.4 Å². The van der Waals surface area contributed by atoms with Crippen LogP contribution < -0.4 is 0 Å². The number of hydrogen-bond donors (Lipinski definition) is 1. The summed E-state index contributed by atoms with van der Waals surface area (Å²) in [6, 6.07) is 0.211. The van der Waals surface area contributed by atoms with Crippen LogP contribution in [0.15, 0.2) is 5.16 Å². The molecule has 1 aromatic rings. The van der Waals surface area contributed by atoms with Gasteiger partial charge in [0, 0.05) is 19.1 Å². The zero-order chi connectivity index (χ0) is 13.8. The summed E-state index contributed by atoms with van der Waals surface area (Å²) < 4.78 is 7.63. The lowest BCUT2D eigenvalue weighted by atomic mass is 10.2. The molecule has 0 aromatic carbocycles. The second-order valence-electron chi connectivity index (χ2n) is 4.88. The third-order valence-corrected chi connectivity index (χ3v) is 3.94. The second kappa shape index (κ2) is 6.38. The molecule has 0 radical (unpaired) electrons. The number of ether oxygens (including phenoxy) is 1. The minimum absolute atomic E-state index is 0.00474. The lowest BCUT2D eigenvalue weighted by Gasteiger charge is -2.15. The topological polar surface area (TPSA) is 77.2 Å². The standard InChI is InChI=1S/C12H19N3O3S/c1-8(2)15-10(6-9-4-3-5-18-9)13-14-12(15)19-7-11(16)17/h8-9H,3-7H2,1-2H3,(H,16,17). The normalized spacial score (nSPS) is 19.2. The Bertz CT molecular complexity index is 441. The molecular formula is C12H19N3O3S. The number of carboxylic acid groups (broad SMARTS) is 1. The first kappa shape index (κ1) is 14.3. The molecule has 1 saturated heterocycles. The van der Waals surface area contributed by atoms with Gasteiger partial charge >= 0.3 is 5.97 Å². The van der Waals surface area contributed by atoms with Crippen LogP contribution in [0, 0.1) is 0 Å². The molecule has 19 heavy (non-hydrogen) atoms. The van der Waals surface area contributed by atoms with Crippen molar-refractivity contribution >= 4 is 17.7 Å². The third-order valence-electron chi connectivity index (χ3n) is 3.01. The maximum absolute atomic E-state index is 10.6. The molecule has 6 nitrogen and oxygen atoms in total. The van der Waals surface area contributed by atoms with Crippen molar-refractivity contribution < 1.29 is 14.6 Å². The zero-order valence-corrected chi connectivity index (χ0v) is 12.0. The summed E-state index contributed by atoms with van der Waals surface area (Å²) in [6.07, 6.45) is 3.13. The number of hydrogen-bond acceptors (Lipinski definition) is 5. The Morgan fingerprint density at radius 3 is 2.95 bits per heavy atom. The molecule has 2 rings (SSSR count). The van der Waals surface area contributed by atoms with Crippen LogP contribution in [-0.4, -0.2) is 44.3 Å². The number of aliphatic carboxylic acids is 1. The van der Waals surface area contributed by atoms with Gasteiger partial charge in [0.15, 0.2) is 5.16 Å². The van der Waals surface area contributed by atoms with E-state index >= 15 is 0 Å². The van der Waals surface area contributed by atoms with Gasteiger partial charge in [0.2, 0.25) is 0 Å². The highest BCUT2D eigenvalue weighted by Crippen LogP contribution is 2.24. The maximum atomic E-state index is 10.6. The van der Waals surface area contributed by atoms with E-state index < -0.39 is 5.97 Å². The molecule has 2 heterocycles. The van der Waals surface area contributed by atoms with Crippen LogP contribution in [0.4, 0.5) is 0 Å². The summed E-state index contributed by atoms with van der Waals surface area (Å²) in [5.74, 6) is 0.0453. The van der Waals surface area contributed by atoms with E-state index in [4.69, 9.17) is 9.84 Å². The molecular weight excluding hydrogens is 266 g/mol. The quantitative estimate of drug-likeness (QED) is 0.802. The van der Waals surface area contributed by atoms with Gasteiger partial charge in [-0.2, -0.15) is 0 Å². The highest BCUT2D eigenvalue weighted by molar-refractivity contribution is 7.99. The largest absolute Gasteiger partial charge is 0.481 e. The van der Waals surface area contributed by atoms with E-state index in [-0.39, 0.29) is 17.9 Å². The fourth-order valence-corrected chi connectivity index (χ4v) is 3.01.